The number of benzene rings is 1. The van der Waals surface area contributed by atoms with Gasteiger partial charge >= 0.3 is 0 Å². The van der Waals surface area contributed by atoms with Gasteiger partial charge in [0.1, 0.15) is 0 Å². The van der Waals surface area contributed by atoms with Crippen molar-refractivity contribution in [1.29, 1.82) is 0 Å². The van der Waals surface area contributed by atoms with E-state index in [1.54, 1.807) is 12.1 Å². The summed E-state index contributed by atoms with van der Waals surface area (Å²) in [5, 5.41) is 3.90. The molecular weight excluding hydrogens is 266 g/mol. The molecule has 4 heterocycles. The summed E-state index contributed by atoms with van der Waals surface area (Å²) in [5.41, 5.74) is 0.596. The molecule has 0 radical (unpaired) electrons. The van der Waals surface area contributed by atoms with E-state index in [1.807, 2.05) is 18.2 Å². The van der Waals surface area contributed by atoms with Crippen molar-refractivity contribution in [1.82, 2.24) is 15.0 Å². The Morgan fingerprint density at radius 2 is 1.95 bits per heavy atom. The summed E-state index contributed by atoms with van der Waals surface area (Å²) in [6.45, 7) is 3.32. The van der Waals surface area contributed by atoms with E-state index >= 15 is 0 Å². The highest BCUT2D eigenvalue weighted by Crippen LogP contribution is 2.38. The van der Waals surface area contributed by atoms with Crippen molar-refractivity contribution in [3.8, 4) is 0 Å². The van der Waals surface area contributed by atoms with Crippen molar-refractivity contribution in [2.75, 3.05) is 19.6 Å². The first-order valence-corrected chi connectivity index (χ1v) is 7.47. The lowest BCUT2D eigenvalue weighted by atomic mass is 9.79. The highest BCUT2D eigenvalue weighted by atomic mass is 16.5. The van der Waals surface area contributed by atoms with Crippen LogP contribution in [0.3, 0.4) is 0 Å². The fourth-order valence-electron chi connectivity index (χ4n) is 3.44. The Kier molecular flexibility index (Phi) is 3.07. The smallest absolute Gasteiger partial charge is 0.243 e. The van der Waals surface area contributed by atoms with Crippen LogP contribution in [0.4, 0.5) is 0 Å². The van der Waals surface area contributed by atoms with E-state index < -0.39 is 0 Å². The molecule has 0 amide bonds. The van der Waals surface area contributed by atoms with Crippen LogP contribution in [-0.2, 0) is 0 Å². The van der Waals surface area contributed by atoms with Crippen molar-refractivity contribution in [3.05, 3.63) is 47.6 Å². The van der Waals surface area contributed by atoms with Crippen molar-refractivity contribution in [2.45, 2.75) is 18.8 Å². The average molecular weight is 283 g/mol. The molecular formula is C16H17N3O2. The van der Waals surface area contributed by atoms with Crippen LogP contribution in [0, 0.1) is 5.92 Å². The Hall–Kier alpha value is -2.01. The first-order chi connectivity index (χ1) is 10.3. The van der Waals surface area contributed by atoms with Crippen LogP contribution in [0.1, 0.15) is 40.8 Å². The number of hydrogen-bond donors (Lipinski definition) is 0. The van der Waals surface area contributed by atoms with E-state index in [9.17, 15) is 4.79 Å². The molecule has 3 aliphatic rings. The van der Waals surface area contributed by atoms with Gasteiger partial charge in [0.15, 0.2) is 0 Å². The SMILES string of the molecule is O=C(c1ccccc1)c1noc(C2CN3CCC2CC3)n1. The van der Waals surface area contributed by atoms with Crippen LogP contribution in [0.25, 0.3) is 0 Å². The molecule has 21 heavy (non-hydrogen) atoms. The lowest BCUT2D eigenvalue weighted by molar-refractivity contribution is 0.0727. The monoisotopic (exact) mass is 283 g/mol. The van der Waals surface area contributed by atoms with Crippen LogP contribution in [-0.4, -0.2) is 40.5 Å². The molecule has 0 spiro atoms. The topological polar surface area (TPSA) is 59.2 Å². The molecule has 0 saturated carbocycles. The second-order valence-corrected chi connectivity index (χ2v) is 5.90. The summed E-state index contributed by atoms with van der Waals surface area (Å²) in [6.07, 6.45) is 2.38. The van der Waals surface area contributed by atoms with Gasteiger partial charge in [-0.2, -0.15) is 4.98 Å². The van der Waals surface area contributed by atoms with Gasteiger partial charge in [-0.1, -0.05) is 35.5 Å². The summed E-state index contributed by atoms with van der Waals surface area (Å²) in [4.78, 5) is 19.1. The molecule has 3 fully saturated rings. The number of carbonyl (C=O) groups is 1. The van der Waals surface area contributed by atoms with Gasteiger partial charge in [-0.25, -0.2) is 0 Å². The number of fused-ring (bicyclic) bond motifs is 3. The second kappa shape index (κ2) is 5.07. The zero-order valence-electron chi connectivity index (χ0n) is 11.7. The fourth-order valence-corrected chi connectivity index (χ4v) is 3.44. The Labute approximate surface area is 123 Å². The van der Waals surface area contributed by atoms with Gasteiger partial charge in [-0.15, -0.1) is 0 Å². The first-order valence-electron chi connectivity index (χ1n) is 7.47. The molecule has 1 aromatic carbocycles. The largest absolute Gasteiger partial charge is 0.338 e. The first kappa shape index (κ1) is 12.7. The highest BCUT2D eigenvalue weighted by Gasteiger charge is 2.38. The number of hydrogen-bond acceptors (Lipinski definition) is 5. The minimum absolute atomic E-state index is 0.174. The molecule has 5 heteroatoms. The molecule has 2 aromatic rings. The predicted molar refractivity (Wildman–Crippen MR) is 76.1 cm³/mol. The van der Waals surface area contributed by atoms with E-state index in [4.69, 9.17) is 4.52 Å². The molecule has 0 N–H and O–H groups in total. The van der Waals surface area contributed by atoms with E-state index in [0.717, 1.165) is 6.54 Å². The van der Waals surface area contributed by atoms with E-state index in [-0.39, 0.29) is 17.5 Å². The minimum Gasteiger partial charge on any atom is -0.338 e. The lowest BCUT2D eigenvalue weighted by Crippen LogP contribution is -2.46. The molecule has 1 unspecified atom stereocenters. The normalized spacial score (nSPS) is 27.7. The standard InChI is InChI=1S/C16H17N3O2/c20-14(12-4-2-1-3-5-12)15-17-16(21-18-15)13-10-19-8-6-11(13)7-9-19/h1-5,11,13H,6-10H2. The molecule has 3 aliphatic heterocycles. The summed E-state index contributed by atoms with van der Waals surface area (Å²) in [7, 11) is 0. The summed E-state index contributed by atoms with van der Waals surface area (Å²) in [5.74, 6) is 1.54. The molecule has 0 aliphatic carbocycles. The molecule has 5 rings (SSSR count). The number of ketones is 1. The zero-order chi connectivity index (χ0) is 14.2. The number of carbonyl (C=O) groups excluding carboxylic acids is 1. The minimum atomic E-state index is -0.174. The van der Waals surface area contributed by atoms with E-state index in [2.05, 4.69) is 15.0 Å². The van der Waals surface area contributed by atoms with Crippen molar-refractivity contribution in [3.63, 3.8) is 0 Å². The van der Waals surface area contributed by atoms with Crippen LogP contribution >= 0.6 is 0 Å². The average Bonchev–Trinajstić information content (AvgIpc) is 3.06. The third kappa shape index (κ3) is 2.27. The third-order valence-corrected chi connectivity index (χ3v) is 4.65. The summed E-state index contributed by atoms with van der Waals surface area (Å²) < 4.78 is 5.39. The van der Waals surface area contributed by atoms with Gasteiger partial charge < -0.3 is 9.42 Å². The maximum absolute atomic E-state index is 12.3. The number of rotatable bonds is 3. The Morgan fingerprint density at radius 1 is 1.19 bits per heavy atom. The van der Waals surface area contributed by atoms with Crippen molar-refractivity contribution < 1.29 is 9.32 Å². The number of nitrogens with zero attached hydrogens (tertiary/aromatic N) is 3. The predicted octanol–water partition coefficient (Wildman–Crippen LogP) is 2.11. The van der Waals surface area contributed by atoms with Crippen LogP contribution < -0.4 is 0 Å². The maximum Gasteiger partial charge on any atom is 0.243 e. The van der Waals surface area contributed by atoms with Gasteiger partial charge in [-0.05, 0) is 31.8 Å². The Bertz CT molecular complexity index is 645. The van der Waals surface area contributed by atoms with Gasteiger partial charge in [0.05, 0.1) is 5.92 Å². The fraction of sp³-hybridized carbons (Fsp3) is 0.438. The van der Waals surface area contributed by atoms with Gasteiger partial charge in [-0.3, -0.25) is 4.79 Å². The molecule has 1 atom stereocenters. The van der Waals surface area contributed by atoms with Crippen molar-refractivity contribution >= 4 is 5.78 Å². The summed E-state index contributed by atoms with van der Waals surface area (Å²) >= 11 is 0. The Morgan fingerprint density at radius 3 is 2.62 bits per heavy atom. The third-order valence-electron chi connectivity index (χ3n) is 4.65. The molecule has 108 valence electrons. The van der Waals surface area contributed by atoms with Gasteiger partial charge in [0, 0.05) is 12.1 Å². The lowest BCUT2D eigenvalue weighted by Gasteiger charge is -2.43. The van der Waals surface area contributed by atoms with Crippen LogP contribution in [0.5, 0.6) is 0 Å². The molecule has 1 aromatic heterocycles. The second-order valence-electron chi connectivity index (χ2n) is 5.90. The quantitative estimate of drug-likeness (QED) is 0.807. The number of piperidine rings is 3. The molecule has 3 saturated heterocycles. The van der Waals surface area contributed by atoms with Crippen LogP contribution in [0.2, 0.25) is 0 Å². The van der Waals surface area contributed by atoms with E-state index in [1.165, 1.54) is 25.9 Å². The van der Waals surface area contributed by atoms with Gasteiger partial charge in [0.25, 0.3) is 0 Å². The number of aromatic nitrogens is 2. The highest BCUT2D eigenvalue weighted by molar-refractivity contribution is 6.06. The molecule has 5 nitrogen and oxygen atoms in total. The zero-order valence-corrected chi connectivity index (χ0v) is 11.7. The van der Waals surface area contributed by atoms with Crippen molar-refractivity contribution in [2.24, 2.45) is 5.92 Å². The maximum atomic E-state index is 12.3. The van der Waals surface area contributed by atoms with Gasteiger partial charge in [0.2, 0.25) is 17.5 Å². The summed E-state index contributed by atoms with van der Waals surface area (Å²) in [6, 6.07) is 9.09. The Balaban J connectivity index is 1.57. The molecule has 2 bridgehead atoms. The van der Waals surface area contributed by atoms with Crippen LogP contribution in [0.15, 0.2) is 34.9 Å². The van der Waals surface area contributed by atoms with E-state index in [0.29, 0.717) is 17.4 Å².